The number of hydrogen-bond acceptors (Lipinski definition) is 2. The number of urea groups is 1. The van der Waals surface area contributed by atoms with Gasteiger partial charge in [-0.25, -0.2) is 4.79 Å². The zero-order valence-electron chi connectivity index (χ0n) is 7.47. The van der Waals surface area contributed by atoms with Crippen LogP contribution in [-0.4, -0.2) is 12.0 Å². The minimum absolute atomic E-state index is 0.240. The Morgan fingerprint density at radius 1 is 1.53 bits per heavy atom. The fraction of sp³-hybridized carbons (Fsp3) is 0. The molecule has 0 heterocycles. The minimum atomic E-state index is -0.810. The van der Waals surface area contributed by atoms with Crippen LogP contribution in [0.5, 0.6) is 0 Å². The van der Waals surface area contributed by atoms with Crippen molar-refractivity contribution in [3.8, 4) is 0 Å². The number of nitrogens with two attached hydrogens (primary N) is 1. The molecule has 5 N–H and O–H groups in total. The summed E-state index contributed by atoms with van der Waals surface area (Å²) in [5.74, 6) is -0.240. The number of carbonyl (C=O) groups excluding carboxylic acids is 1. The highest BCUT2D eigenvalue weighted by Gasteiger charge is 2.07. The quantitative estimate of drug-likeness (QED) is 0.471. The Balaban J connectivity index is 2.80. The van der Waals surface area contributed by atoms with Crippen molar-refractivity contribution < 1.29 is 4.79 Å². The normalized spacial score (nSPS) is 9.47. The topological polar surface area (TPSA) is 91.0 Å². The number of amides is 2. The molecule has 1 aromatic rings. The second kappa shape index (κ2) is 4.99. The molecular weight excluding hydrogens is 283 g/mol. The molecule has 7 heteroatoms. The largest absolute Gasteiger partial charge is 0.351 e. The highest BCUT2D eigenvalue weighted by Crippen LogP contribution is 2.29. The van der Waals surface area contributed by atoms with Crippen molar-refractivity contribution in [3.63, 3.8) is 0 Å². The molecule has 0 bridgehead atoms. The number of rotatable bonds is 1. The molecule has 2 amide bonds. The number of guanidine groups is 1. The highest BCUT2D eigenvalue weighted by molar-refractivity contribution is 9.10. The zero-order chi connectivity index (χ0) is 11.4. The molecule has 0 saturated heterocycles. The van der Waals surface area contributed by atoms with Crippen molar-refractivity contribution in [2.75, 3.05) is 5.32 Å². The van der Waals surface area contributed by atoms with E-state index in [1.54, 1.807) is 18.2 Å². The Morgan fingerprint density at radius 2 is 2.20 bits per heavy atom. The van der Waals surface area contributed by atoms with E-state index in [4.69, 9.17) is 22.7 Å². The fourth-order valence-electron chi connectivity index (χ4n) is 0.897. The van der Waals surface area contributed by atoms with Gasteiger partial charge in [-0.2, -0.15) is 0 Å². The van der Waals surface area contributed by atoms with E-state index in [9.17, 15) is 4.79 Å². The van der Waals surface area contributed by atoms with E-state index >= 15 is 0 Å². The SMILES string of the molecule is N=C(NC(N)=O)Nc1c(Cl)cccc1Br. The number of carbonyl (C=O) groups is 1. The van der Waals surface area contributed by atoms with Gasteiger partial charge in [0.2, 0.25) is 5.96 Å². The molecule has 0 spiro atoms. The number of nitrogens with one attached hydrogen (secondary N) is 3. The lowest BCUT2D eigenvalue weighted by atomic mass is 10.3. The van der Waals surface area contributed by atoms with Crippen LogP contribution in [-0.2, 0) is 0 Å². The third-order valence-corrected chi connectivity index (χ3v) is 2.44. The van der Waals surface area contributed by atoms with Gasteiger partial charge in [0.25, 0.3) is 0 Å². The number of anilines is 1. The van der Waals surface area contributed by atoms with E-state index in [1.807, 2.05) is 0 Å². The zero-order valence-corrected chi connectivity index (χ0v) is 9.82. The van der Waals surface area contributed by atoms with Crippen LogP contribution in [0.4, 0.5) is 10.5 Å². The molecule has 0 atom stereocenters. The third kappa shape index (κ3) is 3.41. The molecule has 1 aromatic carbocycles. The second-order valence-electron chi connectivity index (χ2n) is 2.59. The average Bonchev–Trinajstić information content (AvgIpc) is 2.10. The molecule has 0 unspecified atom stereocenters. The first kappa shape index (κ1) is 11.8. The average molecular weight is 292 g/mol. The van der Waals surface area contributed by atoms with Crippen LogP contribution in [0.1, 0.15) is 0 Å². The Bertz CT molecular complexity index is 389. The van der Waals surface area contributed by atoms with Crippen LogP contribution < -0.4 is 16.4 Å². The predicted octanol–water partition coefficient (Wildman–Crippen LogP) is 2.12. The monoisotopic (exact) mass is 290 g/mol. The van der Waals surface area contributed by atoms with Gasteiger partial charge in [0.15, 0.2) is 0 Å². The molecule has 0 aromatic heterocycles. The first-order valence-electron chi connectivity index (χ1n) is 3.86. The summed E-state index contributed by atoms with van der Waals surface area (Å²) in [4.78, 5) is 10.5. The Hall–Kier alpha value is -1.27. The molecule has 5 nitrogen and oxygen atoms in total. The standard InChI is InChI=1S/C8H8BrClN4O/c9-4-2-1-3-5(10)6(4)13-7(11)14-8(12)15/h1-3H,(H5,11,12,13,14,15). The summed E-state index contributed by atoms with van der Waals surface area (Å²) >= 11 is 9.13. The van der Waals surface area contributed by atoms with Gasteiger partial charge in [-0.1, -0.05) is 17.7 Å². The van der Waals surface area contributed by atoms with Gasteiger partial charge in [0.05, 0.1) is 10.7 Å². The highest BCUT2D eigenvalue weighted by atomic mass is 79.9. The van der Waals surface area contributed by atoms with Crippen molar-refractivity contribution >= 4 is 45.2 Å². The Morgan fingerprint density at radius 3 is 2.73 bits per heavy atom. The number of halogens is 2. The van der Waals surface area contributed by atoms with Crippen LogP contribution >= 0.6 is 27.5 Å². The van der Waals surface area contributed by atoms with Gasteiger partial charge in [0.1, 0.15) is 0 Å². The fourth-order valence-corrected chi connectivity index (χ4v) is 1.70. The molecule has 0 aliphatic rings. The molecule has 80 valence electrons. The van der Waals surface area contributed by atoms with E-state index in [-0.39, 0.29) is 5.96 Å². The van der Waals surface area contributed by atoms with Crippen LogP contribution in [0.15, 0.2) is 22.7 Å². The molecule has 1 rings (SSSR count). The predicted molar refractivity (Wildman–Crippen MR) is 63.2 cm³/mol. The first-order chi connectivity index (χ1) is 7.00. The van der Waals surface area contributed by atoms with E-state index in [2.05, 4.69) is 26.6 Å². The summed E-state index contributed by atoms with van der Waals surface area (Å²) in [5.41, 5.74) is 5.35. The lowest BCUT2D eigenvalue weighted by molar-refractivity contribution is 0.253. The van der Waals surface area contributed by atoms with Crippen molar-refractivity contribution in [1.29, 1.82) is 5.41 Å². The van der Waals surface area contributed by atoms with E-state index in [1.165, 1.54) is 0 Å². The molecule has 15 heavy (non-hydrogen) atoms. The molecule has 0 aliphatic carbocycles. The van der Waals surface area contributed by atoms with E-state index in [0.717, 1.165) is 0 Å². The maximum atomic E-state index is 10.5. The van der Waals surface area contributed by atoms with Crippen LogP contribution in [0.25, 0.3) is 0 Å². The van der Waals surface area contributed by atoms with E-state index < -0.39 is 6.03 Å². The van der Waals surface area contributed by atoms with Crippen molar-refractivity contribution in [1.82, 2.24) is 5.32 Å². The lowest BCUT2D eigenvalue weighted by Gasteiger charge is -2.10. The number of hydrogen-bond donors (Lipinski definition) is 4. The van der Waals surface area contributed by atoms with Gasteiger partial charge >= 0.3 is 6.03 Å². The molecule has 0 saturated carbocycles. The van der Waals surface area contributed by atoms with Crippen molar-refractivity contribution in [2.24, 2.45) is 5.73 Å². The summed E-state index contributed by atoms with van der Waals surface area (Å²) < 4.78 is 0.686. The minimum Gasteiger partial charge on any atom is -0.351 e. The van der Waals surface area contributed by atoms with Gasteiger partial charge in [-0.05, 0) is 28.1 Å². The third-order valence-electron chi connectivity index (χ3n) is 1.46. The van der Waals surface area contributed by atoms with Gasteiger partial charge in [-0.15, -0.1) is 0 Å². The summed E-state index contributed by atoms with van der Waals surface area (Å²) in [6.45, 7) is 0. The second-order valence-corrected chi connectivity index (χ2v) is 3.85. The summed E-state index contributed by atoms with van der Waals surface area (Å²) in [7, 11) is 0. The molecule has 0 radical (unpaired) electrons. The molecular formula is C8H8BrClN4O. The summed E-state index contributed by atoms with van der Waals surface area (Å²) in [5, 5.41) is 12.5. The Kier molecular flexibility index (Phi) is 3.93. The molecule has 0 fully saturated rings. The van der Waals surface area contributed by atoms with Crippen LogP contribution in [0.2, 0.25) is 5.02 Å². The molecule has 0 aliphatic heterocycles. The number of primary amides is 1. The van der Waals surface area contributed by atoms with Gasteiger partial charge in [-0.3, -0.25) is 10.7 Å². The lowest BCUT2D eigenvalue weighted by Crippen LogP contribution is -2.38. The number of para-hydroxylation sites is 1. The summed E-state index contributed by atoms with van der Waals surface area (Å²) in [6.07, 6.45) is 0. The maximum absolute atomic E-state index is 10.5. The Labute approximate surface area is 99.6 Å². The van der Waals surface area contributed by atoms with Crippen molar-refractivity contribution in [2.45, 2.75) is 0 Å². The smallest absolute Gasteiger partial charge is 0.318 e. The first-order valence-corrected chi connectivity index (χ1v) is 5.04. The summed E-state index contributed by atoms with van der Waals surface area (Å²) in [6, 6.07) is 4.36. The maximum Gasteiger partial charge on any atom is 0.318 e. The van der Waals surface area contributed by atoms with Crippen LogP contribution in [0, 0.1) is 5.41 Å². The van der Waals surface area contributed by atoms with E-state index in [0.29, 0.717) is 15.2 Å². The van der Waals surface area contributed by atoms with Gasteiger partial charge < -0.3 is 11.1 Å². The number of benzene rings is 1. The van der Waals surface area contributed by atoms with Crippen LogP contribution in [0.3, 0.4) is 0 Å². The van der Waals surface area contributed by atoms with Crippen molar-refractivity contribution in [3.05, 3.63) is 27.7 Å². The van der Waals surface area contributed by atoms with Gasteiger partial charge in [0, 0.05) is 4.47 Å².